The highest BCUT2D eigenvalue weighted by Gasteiger charge is 2.15. The van der Waals surface area contributed by atoms with Crippen molar-refractivity contribution < 1.29 is 9.47 Å². The van der Waals surface area contributed by atoms with E-state index in [0.29, 0.717) is 13.2 Å². The predicted molar refractivity (Wildman–Crippen MR) is 79.5 cm³/mol. The van der Waals surface area contributed by atoms with Crippen LogP contribution < -0.4 is 5.32 Å². The van der Waals surface area contributed by atoms with Gasteiger partial charge in [-0.1, -0.05) is 6.92 Å². The van der Waals surface area contributed by atoms with E-state index in [-0.39, 0.29) is 5.60 Å². The standard InChI is InChI=1S/C14H26N2O2S/c1-5-7-15-9-13-16-12(11-19-13)10-18-8-6-14(2,3)17-4/h11,15H,5-10H2,1-4H3. The van der Waals surface area contributed by atoms with Crippen LogP contribution in [0.1, 0.15) is 44.3 Å². The number of hydrogen-bond acceptors (Lipinski definition) is 5. The van der Waals surface area contributed by atoms with Gasteiger partial charge in [0, 0.05) is 25.6 Å². The van der Waals surface area contributed by atoms with Crippen LogP contribution in [0.5, 0.6) is 0 Å². The van der Waals surface area contributed by atoms with Gasteiger partial charge in [-0.25, -0.2) is 4.98 Å². The summed E-state index contributed by atoms with van der Waals surface area (Å²) in [5.41, 5.74) is 0.908. The van der Waals surface area contributed by atoms with Crippen molar-refractivity contribution in [1.29, 1.82) is 0 Å². The van der Waals surface area contributed by atoms with Crippen molar-refractivity contribution >= 4 is 11.3 Å². The van der Waals surface area contributed by atoms with Crippen LogP contribution in [0.3, 0.4) is 0 Å². The number of ether oxygens (including phenoxy) is 2. The minimum absolute atomic E-state index is 0.114. The lowest BCUT2D eigenvalue weighted by atomic mass is 10.1. The number of nitrogens with zero attached hydrogens (tertiary/aromatic N) is 1. The SMILES string of the molecule is CCCNCc1nc(COCCC(C)(C)OC)cs1. The normalized spacial score (nSPS) is 12.0. The van der Waals surface area contributed by atoms with E-state index in [9.17, 15) is 0 Å². The first-order chi connectivity index (χ1) is 9.07. The van der Waals surface area contributed by atoms with E-state index in [1.807, 2.05) is 0 Å². The van der Waals surface area contributed by atoms with Crippen molar-refractivity contribution in [3.8, 4) is 0 Å². The Hall–Kier alpha value is -0.490. The molecule has 1 N–H and O–H groups in total. The van der Waals surface area contributed by atoms with Crippen molar-refractivity contribution in [1.82, 2.24) is 10.3 Å². The van der Waals surface area contributed by atoms with E-state index < -0.39 is 0 Å². The average molecular weight is 286 g/mol. The molecule has 4 nitrogen and oxygen atoms in total. The molecule has 1 heterocycles. The fraction of sp³-hybridized carbons (Fsp3) is 0.786. The summed E-state index contributed by atoms with van der Waals surface area (Å²) in [5.74, 6) is 0. The van der Waals surface area contributed by atoms with Crippen LogP contribution in [0.25, 0.3) is 0 Å². The molecule has 0 aromatic carbocycles. The van der Waals surface area contributed by atoms with E-state index >= 15 is 0 Å². The average Bonchev–Trinajstić information content (AvgIpc) is 2.83. The number of methoxy groups -OCH3 is 1. The van der Waals surface area contributed by atoms with Gasteiger partial charge in [-0.3, -0.25) is 0 Å². The minimum atomic E-state index is -0.114. The minimum Gasteiger partial charge on any atom is -0.379 e. The van der Waals surface area contributed by atoms with E-state index in [2.05, 4.69) is 36.5 Å². The number of aromatic nitrogens is 1. The third-order valence-corrected chi connectivity index (χ3v) is 3.85. The quantitative estimate of drug-likeness (QED) is 0.672. The Kier molecular flexibility index (Phi) is 7.53. The molecule has 0 bridgehead atoms. The first kappa shape index (κ1) is 16.6. The molecule has 0 atom stereocenters. The van der Waals surface area contributed by atoms with Crippen molar-refractivity contribution in [2.24, 2.45) is 0 Å². The highest BCUT2D eigenvalue weighted by atomic mass is 32.1. The molecule has 0 spiro atoms. The van der Waals surface area contributed by atoms with Gasteiger partial charge >= 0.3 is 0 Å². The molecular weight excluding hydrogens is 260 g/mol. The summed E-state index contributed by atoms with van der Waals surface area (Å²) < 4.78 is 11.0. The highest BCUT2D eigenvalue weighted by Crippen LogP contribution is 2.14. The summed E-state index contributed by atoms with van der Waals surface area (Å²) in [6, 6.07) is 0. The van der Waals surface area contributed by atoms with Crippen molar-refractivity contribution in [2.45, 2.75) is 52.4 Å². The van der Waals surface area contributed by atoms with Crippen LogP contribution in [0.2, 0.25) is 0 Å². The zero-order valence-corrected chi connectivity index (χ0v) is 13.3. The number of hydrogen-bond donors (Lipinski definition) is 1. The molecule has 1 aromatic heterocycles. The van der Waals surface area contributed by atoms with Gasteiger partial charge < -0.3 is 14.8 Å². The molecule has 0 aliphatic rings. The summed E-state index contributed by atoms with van der Waals surface area (Å²) in [7, 11) is 1.73. The Balaban J connectivity index is 2.19. The third-order valence-electron chi connectivity index (χ3n) is 2.95. The van der Waals surface area contributed by atoms with Gasteiger partial charge in [-0.2, -0.15) is 0 Å². The van der Waals surface area contributed by atoms with Gasteiger partial charge in [0.25, 0.3) is 0 Å². The third kappa shape index (κ3) is 7.01. The monoisotopic (exact) mass is 286 g/mol. The van der Waals surface area contributed by atoms with E-state index in [0.717, 1.165) is 36.6 Å². The molecule has 0 radical (unpaired) electrons. The van der Waals surface area contributed by atoms with Crippen LogP contribution >= 0.6 is 11.3 Å². The molecule has 1 aromatic rings. The smallest absolute Gasteiger partial charge is 0.107 e. The predicted octanol–water partition coefficient (Wildman–Crippen LogP) is 2.97. The Bertz CT molecular complexity index is 353. The summed E-state index contributed by atoms with van der Waals surface area (Å²) in [4.78, 5) is 4.54. The fourth-order valence-corrected chi connectivity index (χ4v) is 2.21. The highest BCUT2D eigenvalue weighted by molar-refractivity contribution is 7.09. The van der Waals surface area contributed by atoms with Crippen LogP contribution in [0.15, 0.2) is 5.38 Å². The van der Waals surface area contributed by atoms with E-state index in [4.69, 9.17) is 9.47 Å². The van der Waals surface area contributed by atoms with Gasteiger partial charge in [0.05, 0.1) is 17.9 Å². The second-order valence-electron chi connectivity index (χ2n) is 5.18. The van der Waals surface area contributed by atoms with Crippen LogP contribution in [-0.2, 0) is 22.6 Å². The van der Waals surface area contributed by atoms with Crippen molar-refractivity contribution in [3.05, 3.63) is 16.1 Å². The van der Waals surface area contributed by atoms with Gasteiger partial charge in [0.1, 0.15) is 5.01 Å². The van der Waals surface area contributed by atoms with Gasteiger partial charge in [-0.05, 0) is 33.2 Å². The second-order valence-corrected chi connectivity index (χ2v) is 6.12. The second kappa shape index (κ2) is 8.64. The lowest BCUT2D eigenvalue weighted by Gasteiger charge is -2.22. The molecule has 19 heavy (non-hydrogen) atoms. The first-order valence-electron chi connectivity index (χ1n) is 6.84. The maximum absolute atomic E-state index is 5.64. The Labute approximate surface area is 120 Å². The molecular formula is C14H26N2O2S. The van der Waals surface area contributed by atoms with E-state index in [1.165, 1.54) is 0 Å². The Morgan fingerprint density at radius 1 is 1.42 bits per heavy atom. The van der Waals surface area contributed by atoms with Crippen molar-refractivity contribution in [2.75, 3.05) is 20.3 Å². The molecule has 0 aliphatic heterocycles. The summed E-state index contributed by atoms with van der Waals surface area (Å²) in [6.07, 6.45) is 2.04. The molecule has 0 saturated carbocycles. The summed E-state index contributed by atoms with van der Waals surface area (Å²) in [5, 5.41) is 6.55. The zero-order valence-electron chi connectivity index (χ0n) is 12.5. The first-order valence-corrected chi connectivity index (χ1v) is 7.72. The lowest BCUT2D eigenvalue weighted by Crippen LogP contribution is -2.24. The maximum atomic E-state index is 5.64. The molecule has 0 aliphatic carbocycles. The lowest BCUT2D eigenvalue weighted by molar-refractivity contribution is -0.0127. The number of nitrogens with one attached hydrogen (secondary N) is 1. The number of thiazole rings is 1. The zero-order chi connectivity index (χ0) is 14.1. The molecule has 0 saturated heterocycles. The molecule has 0 amide bonds. The summed E-state index contributed by atoms with van der Waals surface area (Å²) in [6.45, 7) is 9.47. The van der Waals surface area contributed by atoms with Crippen LogP contribution in [-0.4, -0.2) is 30.8 Å². The van der Waals surface area contributed by atoms with Gasteiger partial charge in [0.2, 0.25) is 0 Å². The van der Waals surface area contributed by atoms with Gasteiger partial charge in [-0.15, -0.1) is 11.3 Å². The molecule has 1 rings (SSSR count). The topological polar surface area (TPSA) is 43.4 Å². The molecule has 5 heteroatoms. The van der Waals surface area contributed by atoms with Crippen LogP contribution in [0, 0.1) is 0 Å². The van der Waals surface area contributed by atoms with Gasteiger partial charge in [0.15, 0.2) is 0 Å². The molecule has 110 valence electrons. The number of rotatable bonds is 10. The molecule has 0 unspecified atom stereocenters. The Morgan fingerprint density at radius 2 is 2.21 bits per heavy atom. The fourth-order valence-electron chi connectivity index (χ4n) is 1.47. The maximum Gasteiger partial charge on any atom is 0.107 e. The summed E-state index contributed by atoms with van der Waals surface area (Å²) >= 11 is 1.69. The van der Waals surface area contributed by atoms with Crippen LogP contribution in [0.4, 0.5) is 0 Å². The molecule has 0 fully saturated rings. The Morgan fingerprint density at radius 3 is 2.89 bits per heavy atom. The van der Waals surface area contributed by atoms with E-state index in [1.54, 1.807) is 18.4 Å². The largest absolute Gasteiger partial charge is 0.379 e. The van der Waals surface area contributed by atoms with Crippen molar-refractivity contribution in [3.63, 3.8) is 0 Å².